The molecule has 2 aromatic carbocycles. The average Bonchev–Trinajstić information content (AvgIpc) is 3.05. The highest BCUT2D eigenvalue weighted by molar-refractivity contribution is 7.91. The second kappa shape index (κ2) is 7.95. The van der Waals surface area contributed by atoms with Gasteiger partial charge in [-0.3, -0.25) is 10.1 Å². The molecule has 0 fully saturated rings. The fourth-order valence-electron chi connectivity index (χ4n) is 3.01. The fraction of sp³-hybridized carbons (Fsp3) is 0.238. The van der Waals surface area contributed by atoms with Gasteiger partial charge in [0.25, 0.3) is 5.69 Å². The number of nitrogens with zero attached hydrogens (tertiary/aromatic N) is 3. The normalized spacial score (nSPS) is 11.9. The van der Waals surface area contributed by atoms with Crippen molar-refractivity contribution in [1.82, 2.24) is 9.78 Å². The van der Waals surface area contributed by atoms with Crippen LogP contribution in [0.2, 0.25) is 0 Å². The molecule has 3 aromatic rings. The van der Waals surface area contributed by atoms with E-state index in [1.807, 2.05) is 0 Å². The zero-order valence-corrected chi connectivity index (χ0v) is 18.2. The quantitative estimate of drug-likeness (QED) is 0.333. The van der Waals surface area contributed by atoms with Crippen molar-refractivity contribution in [1.29, 1.82) is 0 Å². The number of carbonyl (C=O) groups excluding carboxylic acids is 1. The monoisotopic (exact) mass is 443 g/mol. The van der Waals surface area contributed by atoms with Crippen LogP contribution in [0.3, 0.4) is 0 Å². The van der Waals surface area contributed by atoms with Crippen LogP contribution in [-0.4, -0.2) is 29.1 Å². The van der Waals surface area contributed by atoms with Gasteiger partial charge in [-0.25, -0.2) is 17.9 Å². The largest absolute Gasteiger partial charge is 0.402 e. The smallest absolute Gasteiger partial charge is 0.351 e. The van der Waals surface area contributed by atoms with Gasteiger partial charge >= 0.3 is 5.97 Å². The Hall–Kier alpha value is -3.53. The number of hydrogen-bond acceptors (Lipinski definition) is 7. The molecule has 31 heavy (non-hydrogen) atoms. The summed E-state index contributed by atoms with van der Waals surface area (Å²) in [6.45, 7) is 6.79. The molecule has 0 radical (unpaired) electrons. The molecule has 162 valence electrons. The number of sulfone groups is 1. The Morgan fingerprint density at radius 3 is 2.23 bits per heavy atom. The van der Waals surface area contributed by atoms with Gasteiger partial charge in [-0.15, -0.1) is 0 Å². The van der Waals surface area contributed by atoms with E-state index in [-0.39, 0.29) is 26.9 Å². The molecular formula is C21H21N3O6S. The topological polar surface area (TPSA) is 121 Å². The molecule has 0 spiro atoms. The molecule has 10 heteroatoms. The van der Waals surface area contributed by atoms with Crippen molar-refractivity contribution in [3.05, 3.63) is 76.0 Å². The van der Waals surface area contributed by atoms with Crippen molar-refractivity contribution in [3.8, 4) is 5.88 Å². The van der Waals surface area contributed by atoms with Gasteiger partial charge in [-0.05, 0) is 45.9 Å². The maximum atomic E-state index is 13.4. The summed E-state index contributed by atoms with van der Waals surface area (Å²) in [7, 11) is -4.09. The summed E-state index contributed by atoms with van der Waals surface area (Å²) in [5, 5.41) is 15.6. The summed E-state index contributed by atoms with van der Waals surface area (Å²) in [6, 6.07) is 13.0. The van der Waals surface area contributed by atoms with Gasteiger partial charge in [0.05, 0.1) is 21.1 Å². The second-order valence-corrected chi connectivity index (χ2v) is 9.67. The number of carbonyl (C=O) groups is 1. The van der Waals surface area contributed by atoms with Crippen LogP contribution in [0.1, 0.15) is 36.8 Å². The van der Waals surface area contributed by atoms with E-state index >= 15 is 0 Å². The van der Waals surface area contributed by atoms with Crippen LogP contribution < -0.4 is 4.74 Å². The number of ether oxygens (including phenoxy) is 1. The third-order valence-corrected chi connectivity index (χ3v) is 6.33. The number of esters is 1. The first-order valence-electron chi connectivity index (χ1n) is 9.30. The summed E-state index contributed by atoms with van der Waals surface area (Å²) in [4.78, 5) is 23.2. The lowest BCUT2D eigenvalue weighted by Crippen LogP contribution is -2.26. The van der Waals surface area contributed by atoms with Gasteiger partial charge < -0.3 is 4.74 Å². The maximum Gasteiger partial charge on any atom is 0.351 e. The molecule has 0 N–H and O–H groups in total. The van der Waals surface area contributed by atoms with Crippen LogP contribution in [0.4, 0.5) is 5.69 Å². The first-order chi connectivity index (χ1) is 14.4. The summed E-state index contributed by atoms with van der Waals surface area (Å²) >= 11 is 0. The molecule has 0 saturated carbocycles. The predicted molar refractivity (Wildman–Crippen MR) is 112 cm³/mol. The standard InChI is InChI=1S/C21H21N3O6S/c1-14-18(31(28,29)15-10-6-5-7-11-15)19(23(22-14)21(2,3)4)30-20(25)16-12-8-9-13-17(16)24(26)27/h5-13H,1-4H3. The molecule has 1 aromatic heterocycles. The van der Waals surface area contributed by atoms with Crippen molar-refractivity contribution in [2.45, 2.75) is 43.0 Å². The number of aromatic nitrogens is 2. The summed E-state index contributed by atoms with van der Waals surface area (Å²) < 4.78 is 33.5. The molecule has 0 aliphatic carbocycles. The Labute approximate surface area is 179 Å². The van der Waals surface area contributed by atoms with Gasteiger partial charge in [0, 0.05) is 6.07 Å². The first kappa shape index (κ1) is 22.2. The number of rotatable bonds is 5. The van der Waals surface area contributed by atoms with E-state index in [0.29, 0.717) is 0 Å². The molecule has 1 heterocycles. The number of nitro benzene ring substituents is 1. The summed E-state index contributed by atoms with van der Waals surface area (Å²) in [5.74, 6) is -1.35. The van der Waals surface area contributed by atoms with Gasteiger partial charge in [-0.1, -0.05) is 30.3 Å². The summed E-state index contributed by atoms with van der Waals surface area (Å²) in [5.41, 5.74) is -1.34. The Bertz CT molecular complexity index is 1260. The van der Waals surface area contributed by atoms with E-state index in [9.17, 15) is 23.3 Å². The van der Waals surface area contributed by atoms with Crippen LogP contribution in [-0.2, 0) is 15.4 Å². The predicted octanol–water partition coefficient (Wildman–Crippen LogP) is 3.91. The molecule has 9 nitrogen and oxygen atoms in total. The molecule has 0 saturated heterocycles. The van der Waals surface area contributed by atoms with Crippen molar-refractivity contribution in [2.75, 3.05) is 0 Å². The van der Waals surface area contributed by atoms with Gasteiger partial charge in [0.15, 0.2) is 4.90 Å². The van der Waals surface area contributed by atoms with E-state index in [2.05, 4.69) is 5.10 Å². The van der Waals surface area contributed by atoms with Gasteiger partial charge in [-0.2, -0.15) is 5.10 Å². The van der Waals surface area contributed by atoms with Crippen LogP contribution >= 0.6 is 0 Å². The average molecular weight is 443 g/mol. The number of benzene rings is 2. The second-order valence-electron chi connectivity index (χ2n) is 7.78. The summed E-state index contributed by atoms with van der Waals surface area (Å²) in [6.07, 6.45) is 0. The minimum atomic E-state index is -4.09. The third kappa shape index (κ3) is 4.19. The van der Waals surface area contributed by atoms with Crippen LogP contribution in [0, 0.1) is 17.0 Å². The van der Waals surface area contributed by atoms with Gasteiger partial charge in [0.1, 0.15) is 5.56 Å². The minimum absolute atomic E-state index is 0.00884. The fourth-order valence-corrected chi connectivity index (χ4v) is 4.55. The molecule has 0 bridgehead atoms. The minimum Gasteiger partial charge on any atom is -0.402 e. The van der Waals surface area contributed by atoms with Crippen LogP contribution in [0.15, 0.2) is 64.4 Å². The maximum absolute atomic E-state index is 13.4. The molecule has 0 unspecified atom stereocenters. The highest BCUT2D eigenvalue weighted by Crippen LogP contribution is 2.36. The number of aryl methyl sites for hydroxylation is 1. The van der Waals surface area contributed by atoms with E-state index in [1.165, 1.54) is 48.0 Å². The number of nitro groups is 1. The zero-order valence-electron chi connectivity index (χ0n) is 17.4. The number of hydrogen-bond donors (Lipinski definition) is 0. The van der Waals surface area contributed by atoms with Crippen LogP contribution in [0.5, 0.6) is 5.88 Å². The Morgan fingerprint density at radius 1 is 1.06 bits per heavy atom. The molecule has 0 aliphatic heterocycles. The SMILES string of the molecule is Cc1nn(C(C)(C)C)c(OC(=O)c2ccccc2[N+](=O)[O-])c1S(=O)(=O)c1ccccc1. The zero-order chi connectivity index (χ0) is 23.0. The number of para-hydroxylation sites is 1. The lowest BCUT2D eigenvalue weighted by molar-refractivity contribution is -0.385. The van der Waals surface area contributed by atoms with Crippen molar-refractivity contribution in [3.63, 3.8) is 0 Å². The highest BCUT2D eigenvalue weighted by Gasteiger charge is 2.35. The van der Waals surface area contributed by atoms with E-state index in [4.69, 9.17) is 4.74 Å². The lowest BCUT2D eigenvalue weighted by atomic mass is 10.1. The van der Waals surface area contributed by atoms with E-state index in [0.717, 1.165) is 0 Å². The van der Waals surface area contributed by atoms with Gasteiger partial charge in [0.2, 0.25) is 15.7 Å². The van der Waals surface area contributed by atoms with E-state index < -0.39 is 32.0 Å². The molecule has 3 rings (SSSR count). The highest BCUT2D eigenvalue weighted by atomic mass is 32.2. The Balaban J connectivity index is 2.20. The Morgan fingerprint density at radius 2 is 1.65 bits per heavy atom. The first-order valence-corrected chi connectivity index (χ1v) is 10.8. The molecule has 0 amide bonds. The van der Waals surface area contributed by atoms with Crippen LogP contribution in [0.25, 0.3) is 0 Å². The Kier molecular flexibility index (Phi) is 5.68. The van der Waals surface area contributed by atoms with Crippen molar-refractivity contribution >= 4 is 21.5 Å². The van der Waals surface area contributed by atoms with E-state index in [1.54, 1.807) is 39.0 Å². The third-order valence-electron chi connectivity index (χ3n) is 4.43. The van der Waals surface area contributed by atoms with Crippen molar-refractivity contribution in [2.24, 2.45) is 0 Å². The molecule has 0 atom stereocenters. The molecule has 0 aliphatic rings. The van der Waals surface area contributed by atoms with Crippen molar-refractivity contribution < 1.29 is 22.9 Å². The molecular weight excluding hydrogens is 422 g/mol. The lowest BCUT2D eigenvalue weighted by Gasteiger charge is -2.22.